The maximum Gasteiger partial charge on any atom is 0.260 e. The fraction of sp³-hybridized carbons (Fsp3) is 0.292. The summed E-state index contributed by atoms with van der Waals surface area (Å²) in [5, 5.41) is 2.73. The van der Waals surface area contributed by atoms with Crippen molar-refractivity contribution in [3.05, 3.63) is 71.2 Å². The number of halogens is 1. The van der Waals surface area contributed by atoms with Gasteiger partial charge in [0.15, 0.2) is 0 Å². The van der Waals surface area contributed by atoms with Crippen LogP contribution in [0.2, 0.25) is 0 Å². The van der Waals surface area contributed by atoms with E-state index in [1.807, 2.05) is 19.9 Å². The molecule has 29 heavy (non-hydrogen) atoms. The van der Waals surface area contributed by atoms with Crippen molar-refractivity contribution in [2.75, 3.05) is 23.3 Å². The zero-order chi connectivity index (χ0) is 20.8. The maximum absolute atomic E-state index is 13.5. The van der Waals surface area contributed by atoms with E-state index in [0.717, 1.165) is 24.2 Å². The average Bonchev–Trinajstić information content (AvgIpc) is 3.17. The number of fused-ring (bicyclic) bond motifs is 1. The van der Waals surface area contributed by atoms with Crippen LogP contribution in [0.3, 0.4) is 0 Å². The number of anilines is 2. The molecule has 0 bridgehead atoms. The average molecular weight is 392 g/mol. The predicted molar refractivity (Wildman–Crippen MR) is 115 cm³/mol. The second-order valence-electron chi connectivity index (χ2n) is 7.77. The second kappa shape index (κ2) is 7.07. The van der Waals surface area contributed by atoms with Gasteiger partial charge >= 0.3 is 0 Å². The summed E-state index contributed by atoms with van der Waals surface area (Å²) in [7, 11) is 0. The van der Waals surface area contributed by atoms with Gasteiger partial charge in [-0.3, -0.25) is 4.79 Å². The van der Waals surface area contributed by atoms with Crippen LogP contribution in [0.15, 0.2) is 54.3 Å². The summed E-state index contributed by atoms with van der Waals surface area (Å²) >= 11 is 0. The highest BCUT2D eigenvalue weighted by Crippen LogP contribution is 2.44. The number of allylic oxidation sites excluding steroid dienone is 1. The van der Waals surface area contributed by atoms with E-state index in [1.165, 1.54) is 17.8 Å². The van der Waals surface area contributed by atoms with Crippen molar-refractivity contribution < 1.29 is 13.9 Å². The van der Waals surface area contributed by atoms with E-state index in [1.54, 1.807) is 6.07 Å². The molecule has 4 nitrogen and oxygen atoms in total. The molecule has 1 N–H and O–H groups in total. The van der Waals surface area contributed by atoms with Crippen LogP contribution in [0.5, 0.6) is 0 Å². The SMILES string of the molecule is CCN(CC)c1ccc(C2=C/C(=C3\C(=O)Nc4cc(F)ccc43)OC2(C)C)cc1. The van der Waals surface area contributed by atoms with Crippen LogP contribution in [-0.2, 0) is 9.53 Å². The molecule has 2 aromatic rings. The molecule has 150 valence electrons. The van der Waals surface area contributed by atoms with Gasteiger partial charge in [0.1, 0.15) is 17.2 Å². The maximum atomic E-state index is 13.5. The second-order valence-corrected chi connectivity index (χ2v) is 7.77. The van der Waals surface area contributed by atoms with E-state index < -0.39 is 5.60 Å². The van der Waals surface area contributed by atoms with E-state index in [4.69, 9.17) is 4.74 Å². The number of ether oxygens (including phenoxy) is 1. The fourth-order valence-corrected chi connectivity index (χ4v) is 4.05. The number of hydrogen-bond acceptors (Lipinski definition) is 3. The topological polar surface area (TPSA) is 41.6 Å². The van der Waals surface area contributed by atoms with Gasteiger partial charge in [0, 0.05) is 29.9 Å². The smallest absolute Gasteiger partial charge is 0.260 e. The summed E-state index contributed by atoms with van der Waals surface area (Å²) in [4.78, 5) is 14.9. The van der Waals surface area contributed by atoms with Crippen LogP contribution in [0, 0.1) is 5.82 Å². The summed E-state index contributed by atoms with van der Waals surface area (Å²) in [6.45, 7) is 10.2. The molecule has 0 fully saturated rings. The molecule has 0 aliphatic carbocycles. The third-order valence-electron chi connectivity index (χ3n) is 5.57. The van der Waals surface area contributed by atoms with Gasteiger partial charge < -0.3 is 15.0 Å². The Morgan fingerprint density at radius 3 is 2.41 bits per heavy atom. The molecule has 2 heterocycles. The number of carbonyl (C=O) groups excluding carboxylic acids is 1. The van der Waals surface area contributed by atoms with Gasteiger partial charge in [0.25, 0.3) is 5.91 Å². The summed E-state index contributed by atoms with van der Waals surface area (Å²) in [5.74, 6) is -0.140. The van der Waals surface area contributed by atoms with Crippen LogP contribution in [0.4, 0.5) is 15.8 Å². The monoisotopic (exact) mass is 392 g/mol. The normalized spacial score (nSPS) is 19.5. The van der Waals surface area contributed by atoms with Crippen LogP contribution in [0.25, 0.3) is 11.1 Å². The molecule has 0 aromatic heterocycles. The summed E-state index contributed by atoms with van der Waals surface area (Å²) in [6, 6.07) is 12.7. The van der Waals surface area contributed by atoms with Crippen molar-refractivity contribution in [2.24, 2.45) is 0 Å². The van der Waals surface area contributed by atoms with Gasteiger partial charge in [0.05, 0.1) is 11.3 Å². The number of carbonyl (C=O) groups is 1. The summed E-state index contributed by atoms with van der Waals surface area (Å²) < 4.78 is 19.7. The minimum absolute atomic E-state index is 0.272. The molecule has 0 spiro atoms. The van der Waals surface area contributed by atoms with Gasteiger partial charge in [-0.1, -0.05) is 12.1 Å². The summed E-state index contributed by atoms with van der Waals surface area (Å²) in [6.07, 6.45) is 1.93. The zero-order valence-electron chi connectivity index (χ0n) is 17.2. The van der Waals surface area contributed by atoms with E-state index in [2.05, 4.69) is 48.3 Å². The Morgan fingerprint density at radius 2 is 1.76 bits per heavy atom. The molecule has 5 heteroatoms. The molecule has 4 rings (SSSR count). The zero-order valence-corrected chi connectivity index (χ0v) is 17.2. The Kier molecular flexibility index (Phi) is 4.69. The first-order chi connectivity index (χ1) is 13.8. The largest absolute Gasteiger partial charge is 0.482 e. The molecule has 2 aliphatic rings. The van der Waals surface area contributed by atoms with Crippen LogP contribution >= 0.6 is 0 Å². The van der Waals surface area contributed by atoms with Crippen molar-refractivity contribution in [3.63, 3.8) is 0 Å². The fourth-order valence-electron chi connectivity index (χ4n) is 4.05. The van der Waals surface area contributed by atoms with Crippen molar-refractivity contribution in [1.82, 2.24) is 0 Å². The van der Waals surface area contributed by atoms with Crippen LogP contribution < -0.4 is 10.2 Å². The highest BCUT2D eigenvalue weighted by atomic mass is 19.1. The summed E-state index contributed by atoms with van der Waals surface area (Å²) in [5.41, 5.74) is 4.25. The Balaban J connectivity index is 1.75. The highest BCUT2D eigenvalue weighted by molar-refractivity contribution is 6.32. The third kappa shape index (κ3) is 3.31. The van der Waals surface area contributed by atoms with Crippen molar-refractivity contribution in [2.45, 2.75) is 33.3 Å². The first-order valence-corrected chi connectivity index (χ1v) is 9.96. The van der Waals surface area contributed by atoms with Gasteiger partial charge in [-0.25, -0.2) is 4.39 Å². The third-order valence-corrected chi connectivity index (χ3v) is 5.57. The Hall–Kier alpha value is -3.08. The van der Waals surface area contributed by atoms with E-state index in [0.29, 0.717) is 22.6 Å². The molecule has 0 unspecified atom stereocenters. The number of nitrogens with one attached hydrogen (secondary N) is 1. The molecule has 2 aromatic carbocycles. The van der Waals surface area contributed by atoms with E-state index in [-0.39, 0.29) is 11.7 Å². The lowest BCUT2D eigenvalue weighted by atomic mass is 9.92. The van der Waals surface area contributed by atoms with Gasteiger partial charge in [-0.15, -0.1) is 0 Å². The molecule has 0 atom stereocenters. The molecule has 1 amide bonds. The lowest BCUT2D eigenvalue weighted by molar-refractivity contribution is -0.111. The van der Waals surface area contributed by atoms with E-state index in [9.17, 15) is 9.18 Å². The molecule has 0 saturated carbocycles. The number of amides is 1. The van der Waals surface area contributed by atoms with Crippen molar-refractivity contribution in [3.8, 4) is 0 Å². The molecule has 0 saturated heterocycles. The Bertz CT molecular complexity index is 1030. The van der Waals surface area contributed by atoms with E-state index >= 15 is 0 Å². The lowest BCUT2D eigenvalue weighted by Gasteiger charge is -2.25. The van der Waals surface area contributed by atoms with Crippen LogP contribution in [0.1, 0.15) is 38.8 Å². The lowest BCUT2D eigenvalue weighted by Crippen LogP contribution is -2.22. The van der Waals surface area contributed by atoms with Gasteiger partial charge in [0.2, 0.25) is 0 Å². The van der Waals surface area contributed by atoms with Crippen LogP contribution in [-0.4, -0.2) is 24.6 Å². The Labute approximate surface area is 170 Å². The number of benzene rings is 2. The molecular formula is C24H25FN2O2. The predicted octanol–water partition coefficient (Wildman–Crippen LogP) is 5.23. The minimum Gasteiger partial charge on any atom is -0.482 e. The quantitative estimate of drug-likeness (QED) is 0.725. The van der Waals surface area contributed by atoms with Gasteiger partial charge in [-0.05, 0) is 69.7 Å². The highest BCUT2D eigenvalue weighted by Gasteiger charge is 2.38. The minimum atomic E-state index is -0.581. The van der Waals surface area contributed by atoms with Crippen molar-refractivity contribution >= 4 is 28.4 Å². The number of hydrogen-bond donors (Lipinski definition) is 1. The van der Waals surface area contributed by atoms with Crippen molar-refractivity contribution in [1.29, 1.82) is 0 Å². The van der Waals surface area contributed by atoms with Gasteiger partial charge in [-0.2, -0.15) is 0 Å². The first kappa shape index (κ1) is 19.2. The molecular weight excluding hydrogens is 367 g/mol. The first-order valence-electron chi connectivity index (χ1n) is 9.96. The molecule has 0 radical (unpaired) electrons. The number of rotatable bonds is 4. The Morgan fingerprint density at radius 1 is 1.07 bits per heavy atom. The standard InChI is InChI=1S/C24H25FN2O2/c1-5-27(6-2)17-10-7-15(8-11-17)19-14-21(29-24(19,3)4)22-18-12-9-16(25)13-20(18)26-23(22)28/h7-14H,5-6H2,1-4H3,(H,26,28)/b22-21+. The number of nitrogens with zero attached hydrogens (tertiary/aromatic N) is 1. The molecule has 2 aliphatic heterocycles.